The van der Waals surface area contributed by atoms with Crippen LogP contribution in [0.1, 0.15) is 41.5 Å². The van der Waals surface area contributed by atoms with E-state index in [1.165, 1.54) is 5.56 Å². The molecule has 0 aliphatic carbocycles. The summed E-state index contributed by atoms with van der Waals surface area (Å²) in [6, 6.07) is 6.19. The van der Waals surface area contributed by atoms with Gasteiger partial charge in [-0.25, -0.2) is 14.8 Å². The van der Waals surface area contributed by atoms with E-state index >= 15 is 0 Å². The van der Waals surface area contributed by atoms with Gasteiger partial charge in [-0.15, -0.1) is 0 Å². The molecule has 3 heterocycles. The molecule has 7 nitrogen and oxygen atoms in total. The highest BCUT2D eigenvalue weighted by Crippen LogP contribution is 2.27. The Hall–Kier alpha value is -2.83. The van der Waals surface area contributed by atoms with E-state index in [0.29, 0.717) is 13.1 Å². The highest BCUT2D eigenvalue weighted by atomic mass is 16.2. The number of urea groups is 1. The van der Waals surface area contributed by atoms with Crippen molar-refractivity contribution < 1.29 is 4.79 Å². The van der Waals surface area contributed by atoms with E-state index in [0.717, 1.165) is 54.2 Å². The number of amides is 2. The van der Waals surface area contributed by atoms with Crippen LogP contribution in [0, 0.1) is 20.8 Å². The van der Waals surface area contributed by atoms with Crippen molar-refractivity contribution in [2.24, 2.45) is 0 Å². The number of fused-ring (bicyclic) bond motifs is 1. The van der Waals surface area contributed by atoms with Crippen LogP contribution in [0.15, 0.2) is 24.5 Å². The van der Waals surface area contributed by atoms with Crippen molar-refractivity contribution in [3.8, 4) is 0 Å². The van der Waals surface area contributed by atoms with E-state index in [-0.39, 0.29) is 11.9 Å². The number of aromatic amines is 1. The Kier molecular flexibility index (Phi) is 5.07. The summed E-state index contributed by atoms with van der Waals surface area (Å²) < 4.78 is 2.07. The summed E-state index contributed by atoms with van der Waals surface area (Å²) >= 11 is 0. The molecule has 2 aromatic heterocycles. The number of imidazole rings is 2. The lowest BCUT2D eigenvalue weighted by Crippen LogP contribution is -2.45. The third kappa shape index (κ3) is 3.61. The number of likely N-dealkylation sites (tertiary alicyclic amines) is 1. The molecule has 0 radical (unpaired) electrons. The molecule has 7 heteroatoms. The summed E-state index contributed by atoms with van der Waals surface area (Å²) in [5, 5.41) is 3.05. The van der Waals surface area contributed by atoms with Crippen LogP contribution in [0.2, 0.25) is 0 Å². The topological polar surface area (TPSA) is 78.8 Å². The number of aryl methyl sites for hydroxylation is 2. The Bertz CT molecular complexity index is 988. The molecular formula is C21H28N6O. The second-order valence-corrected chi connectivity index (χ2v) is 7.72. The van der Waals surface area contributed by atoms with E-state index < -0.39 is 0 Å². The first-order valence-corrected chi connectivity index (χ1v) is 9.99. The number of H-pyrrole nitrogens is 1. The van der Waals surface area contributed by atoms with Crippen molar-refractivity contribution in [1.82, 2.24) is 29.7 Å². The molecule has 28 heavy (non-hydrogen) atoms. The second-order valence-electron chi connectivity index (χ2n) is 7.72. The van der Waals surface area contributed by atoms with Gasteiger partial charge in [0.05, 0.1) is 23.1 Å². The number of piperidine rings is 1. The first kappa shape index (κ1) is 18.5. The Morgan fingerprint density at radius 3 is 2.93 bits per heavy atom. The molecule has 1 atom stereocenters. The van der Waals surface area contributed by atoms with E-state index in [4.69, 9.17) is 4.98 Å². The molecule has 0 saturated carbocycles. The normalized spacial score (nSPS) is 17.2. The van der Waals surface area contributed by atoms with Gasteiger partial charge >= 0.3 is 6.03 Å². The van der Waals surface area contributed by atoms with Crippen molar-refractivity contribution in [2.75, 3.05) is 19.6 Å². The zero-order valence-corrected chi connectivity index (χ0v) is 16.8. The predicted octanol–water partition coefficient (Wildman–Crippen LogP) is 3.27. The third-order valence-corrected chi connectivity index (χ3v) is 5.80. The summed E-state index contributed by atoms with van der Waals surface area (Å²) in [5.74, 6) is 1.25. The fourth-order valence-corrected chi connectivity index (χ4v) is 3.94. The molecule has 1 aromatic carbocycles. The van der Waals surface area contributed by atoms with Gasteiger partial charge in [0.2, 0.25) is 0 Å². The molecule has 3 aromatic rings. The largest absolute Gasteiger partial charge is 0.342 e. The van der Waals surface area contributed by atoms with Crippen LogP contribution >= 0.6 is 0 Å². The minimum Gasteiger partial charge on any atom is -0.342 e. The van der Waals surface area contributed by atoms with Crippen molar-refractivity contribution >= 4 is 17.1 Å². The standard InChI is InChI=1S/C21H28N6O/c1-14-6-4-8-18-19(14)25-20(24-18)17-7-5-10-26(12-17)21(28)22-9-11-27-13-23-15(2)16(27)3/h4,6,8,13,17H,5,7,9-12H2,1-3H3,(H,22,28)(H,24,25)/t17-/m0/s1. The van der Waals surface area contributed by atoms with Crippen molar-refractivity contribution in [1.29, 1.82) is 0 Å². The van der Waals surface area contributed by atoms with Crippen LogP contribution in [0.5, 0.6) is 0 Å². The lowest BCUT2D eigenvalue weighted by molar-refractivity contribution is 0.178. The molecule has 0 unspecified atom stereocenters. The highest BCUT2D eigenvalue weighted by molar-refractivity contribution is 5.78. The molecule has 2 N–H and O–H groups in total. The zero-order chi connectivity index (χ0) is 19.7. The second kappa shape index (κ2) is 7.66. The van der Waals surface area contributed by atoms with Crippen LogP contribution < -0.4 is 5.32 Å². The Labute approximate surface area is 165 Å². The Balaban J connectivity index is 1.36. The number of nitrogens with one attached hydrogen (secondary N) is 2. The number of carbonyl (C=O) groups is 1. The average molecular weight is 380 g/mol. The van der Waals surface area contributed by atoms with Crippen molar-refractivity contribution in [2.45, 2.75) is 46.1 Å². The van der Waals surface area contributed by atoms with Gasteiger partial charge in [0.25, 0.3) is 0 Å². The number of rotatable bonds is 4. The molecule has 2 amide bonds. The molecule has 1 aliphatic rings. The van der Waals surface area contributed by atoms with Gasteiger partial charge in [-0.1, -0.05) is 12.1 Å². The molecule has 1 fully saturated rings. The average Bonchev–Trinajstić information content (AvgIpc) is 3.28. The number of hydrogen-bond acceptors (Lipinski definition) is 3. The first-order valence-electron chi connectivity index (χ1n) is 9.99. The van der Waals surface area contributed by atoms with Gasteiger partial charge in [-0.05, 0) is 45.2 Å². The molecule has 4 rings (SSSR count). The molecule has 0 bridgehead atoms. The fourth-order valence-electron chi connectivity index (χ4n) is 3.94. The SMILES string of the molecule is Cc1ncn(CCNC(=O)N2CCC[C@H](c3nc4c(C)cccc4[nH]3)C2)c1C. The van der Waals surface area contributed by atoms with E-state index in [2.05, 4.69) is 45.8 Å². The van der Waals surface area contributed by atoms with Crippen molar-refractivity contribution in [3.05, 3.63) is 47.3 Å². The van der Waals surface area contributed by atoms with Gasteiger partial charge in [-0.3, -0.25) is 0 Å². The van der Waals surface area contributed by atoms with E-state index in [1.807, 2.05) is 24.2 Å². The third-order valence-electron chi connectivity index (χ3n) is 5.80. The maximum Gasteiger partial charge on any atom is 0.317 e. The van der Waals surface area contributed by atoms with Gasteiger partial charge in [0.1, 0.15) is 5.82 Å². The summed E-state index contributed by atoms with van der Waals surface area (Å²) in [6.45, 7) is 8.96. The lowest BCUT2D eigenvalue weighted by atomic mass is 9.97. The molecule has 0 spiro atoms. The molecule has 148 valence electrons. The van der Waals surface area contributed by atoms with E-state index in [9.17, 15) is 4.79 Å². The number of nitrogens with zero attached hydrogens (tertiary/aromatic N) is 4. The first-order chi connectivity index (χ1) is 13.5. The maximum absolute atomic E-state index is 12.6. The highest BCUT2D eigenvalue weighted by Gasteiger charge is 2.26. The monoisotopic (exact) mass is 380 g/mol. The van der Waals surface area contributed by atoms with Crippen molar-refractivity contribution in [3.63, 3.8) is 0 Å². The number of hydrogen-bond donors (Lipinski definition) is 2. The maximum atomic E-state index is 12.6. The predicted molar refractivity (Wildman–Crippen MR) is 109 cm³/mol. The van der Waals surface area contributed by atoms with Gasteiger partial charge < -0.3 is 19.8 Å². The Morgan fingerprint density at radius 1 is 1.32 bits per heavy atom. The summed E-state index contributed by atoms with van der Waals surface area (Å²) in [6.07, 6.45) is 3.88. The number of carbonyl (C=O) groups excluding carboxylic acids is 1. The summed E-state index contributed by atoms with van der Waals surface area (Å²) in [7, 11) is 0. The lowest BCUT2D eigenvalue weighted by Gasteiger charge is -2.31. The summed E-state index contributed by atoms with van der Waals surface area (Å²) in [4.78, 5) is 27.1. The zero-order valence-electron chi connectivity index (χ0n) is 16.8. The minimum absolute atomic E-state index is 0.00600. The molecular weight excluding hydrogens is 352 g/mol. The van der Waals surface area contributed by atoms with Gasteiger partial charge in [0.15, 0.2) is 0 Å². The van der Waals surface area contributed by atoms with Crippen LogP contribution in [0.25, 0.3) is 11.0 Å². The number of aromatic nitrogens is 4. The van der Waals surface area contributed by atoms with Crippen LogP contribution in [0.4, 0.5) is 4.79 Å². The minimum atomic E-state index is 0.00600. The fraction of sp³-hybridized carbons (Fsp3) is 0.476. The van der Waals surface area contributed by atoms with Crippen LogP contribution in [-0.2, 0) is 6.54 Å². The number of para-hydroxylation sites is 1. The van der Waals surface area contributed by atoms with Crippen LogP contribution in [0.3, 0.4) is 0 Å². The number of benzene rings is 1. The summed E-state index contributed by atoms with van der Waals surface area (Å²) in [5.41, 5.74) is 5.46. The van der Waals surface area contributed by atoms with E-state index in [1.54, 1.807) is 0 Å². The molecule has 1 aliphatic heterocycles. The Morgan fingerprint density at radius 2 is 2.18 bits per heavy atom. The molecule has 1 saturated heterocycles. The quantitative estimate of drug-likeness (QED) is 0.729. The van der Waals surface area contributed by atoms with Crippen LogP contribution in [-0.4, -0.2) is 50.1 Å². The van der Waals surface area contributed by atoms with Gasteiger partial charge in [0, 0.05) is 37.8 Å². The van der Waals surface area contributed by atoms with Gasteiger partial charge in [-0.2, -0.15) is 0 Å². The smallest absolute Gasteiger partial charge is 0.317 e.